The van der Waals surface area contributed by atoms with Gasteiger partial charge in [-0.25, -0.2) is 0 Å². The molecule has 2 nitrogen and oxygen atoms in total. The topological polar surface area (TPSA) is 23.5 Å². The van der Waals surface area contributed by atoms with E-state index in [0.29, 0.717) is 17.8 Å². The number of aliphatic hydroxyl groups is 1. The van der Waals surface area contributed by atoms with Crippen LogP contribution in [-0.4, -0.2) is 36.8 Å². The number of unbranched alkanes of at least 4 members (excludes halogenated alkanes) is 3. The van der Waals surface area contributed by atoms with Crippen LogP contribution in [0.1, 0.15) is 71.6 Å². The van der Waals surface area contributed by atoms with E-state index in [1.54, 1.807) is 5.57 Å². The van der Waals surface area contributed by atoms with Crippen LogP contribution in [0.3, 0.4) is 0 Å². The van der Waals surface area contributed by atoms with Crippen molar-refractivity contribution in [3.05, 3.63) is 35.5 Å². The van der Waals surface area contributed by atoms with Gasteiger partial charge in [0, 0.05) is 5.92 Å². The highest BCUT2D eigenvalue weighted by molar-refractivity contribution is 5.22. The summed E-state index contributed by atoms with van der Waals surface area (Å²) in [6, 6.07) is 0. The summed E-state index contributed by atoms with van der Waals surface area (Å²) in [5, 5.41) is 10.5. The number of hydrogen-bond donors (Lipinski definition) is 1. The Labute approximate surface area is 162 Å². The number of rotatable bonds is 11. The predicted octanol–water partition coefficient (Wildman–Crippen LogP) is 5.74. The molecule has 1 saturated carbocycles. The third kappa shape index (κ3) is 6.70. The Hall–Kier alpha value is -0.860. The van der Waals surface area contributed by atoms with Crippen molar-refractivity contribution in [3.63, 3.8) is 0 Å². The first-order valence-electron chi connectivity index (χ1n) is 10.9. The van der Waals surface area contributed by atoms with E-state index in [1.165, 1.54) is 63.5 Å². The van der Waals surface area contributed by atoms with Gasteiger partial charge >= 0.3 is 0 Å². The van der Waals surface area contributed by atoms with E-state index < -0.39 is 0 Å². The van der Waals surface area contributed by atoms with Crippen molar-refractivity contribution >= 4 is 0 Å². The summed E-state index contributed by atoms with van der Waals surface area (Å²) in [6.45, 7) is 5.67. The van der Waals surface area contributed by atoms with E-state index in [-0.39, 0.29) is 6.10 Å². The lowest BCUT2D eigenvalue weighted by Gasteiger charge is -2.18. The quantitative estimate of drug-likeness (QED) is 0.289. The zero-order chi connectivity index (χ0) is 18.9. The maximum Gasteiger partial charge on any atom is 0.0611 e. The van der Waals surface area contributed by atoms with Gasteiger partial charge in [0.15, 0.2) is 0 Å². The van der Waals surface area contributed by atoms with Gasteiger partial charge in [-0.2, -0.15) is 0 Å². The molecule has 0 spiro atoms. The summed E-state index contributed by atoms with van der Waals surface area (Å²) in [5.41, 5.74) is 3.11. The van der Waals surface area contributed by atoms with Gasteiger partial charge in [-0.1, -0.05) is 55.2 Å². The summed E-state index contributed by atoms with van der Waals surface area (Å²) in [4.78, 5) is 2.27. The molecule has 0 unspecified atom stereocenters. The molecule has 0 heterocycles. The van der Waals surface area contributed by atoms with Crippen molar-refractivity contribution in [2.24, 2.45) is 17.8 Å². The Morgan fingerprint density at radius 3 is 2.77 bits per heavy atom. The molecule has 0 aromatic rings. The molecule has 2 rings (SSSR count). The lowest BCUT2D eigenvalue weighted by atomic mass is 9.88. The Morgan fingerprint density at radius 2 is 2.04 bits per heavy atom. The average molecular weight is 360 g/mol. The zero-order valence-corrected chi connectivity index (χ0v) is 17.6. The zero-order valence-electron chi connectivity index (χ0n) is 17.6. The largest absolute Gasteiger partial charge is 0.392 e. The van der Waals surface area contributed by atoms with Crippen LogP contribution in [0.25, 0.3) is 0 Å². The third-order valence-electron chi connectivity index (χ3n) is 6.19. The Bertz CT molecular complexity index is 502. The first kappa shape index (κ1) is 21.4. The fourth-order valence-electron chi connectivity index (χ4n) is 4.63. The van der Waals surface area contributed by atoms with Crippen molar-refractivity contribution < 1.29 is 5.11 Å². The molecule has 2 aliphatic rings. The lowest BCUT2D eigenvalue weighted by Crippen LogP contribution is -2.16. The standard InChI is InChI=1S/C24H41NO/c1-5-6-11-19(2)12-10-14-22-23-17-20(16-21(23)18-24(22)26)13-8-7-9-15-25(3)4/h10,12,14,16,21-24,26H,5-9,11,13,15,17-18H2,1-4H3/t21-,22+,23-,24+/m0/s1. The van der Waals surface area contributed by atoms with Crippen LogP contribution in [0, 0.1) is 17.8 Å². The van der Waals surface area contributed by atoms with Crippen LogP contribution >= 0.6 is 0 Å². The van der Waals surface area contributed by atoms with Gasteiger partial charge < -0.3 is 10.0 Å². The summed E-state index contributed by atoms with van der Waals surface area (Å²) >= 11 is 0. The minimum Gasteiger partial charge on any atom is -0.392 e. The molecule has 0 saturated heterocycles. The van der Waals surface area contributed by atoms with Crippen molar-refractivity contribution in [1.29, 1.82) is 0 Å². The second kappa shape index (κ2) is 11.1. The van der Waals surface area contributed by atoms with E-state index in [9.17, 15) is 5.11 Å². The van der Waals surface area contributed by atoms with E-state index in [1.807, 2.05) is 0 Å². The van der Waals surface area contributed by atoms with E-state index in [2.05, 4.69) is 57.1 Å². The molecule has 0 amide bonds. The summed E-state index contributed by atoms with van der Waals surface area (Å²) < 4.78 is 0. The fourth-order valence-corrected chi connectivity index (χ4v) is 4.63. The molecular formula is C24H41NO. The molecule has 4 atom stereocenters. The van der Waals surface area contributed by atoms with Crippen LogP contribution in [0.4, 0.5) is 0 Å². The minimum absolute atomic E-state index is 0.150. The van der Waals surface area contributed by atoms with Gasteiger partial charge in [0.05, 0.1) is 6.10 Å². The molecule has 0 aromatic heterocycles. The fraction of sp³-hybridized carbons (Fsp3) is 0.750. The monoisotopic (exact) mass is 359 g/mol. The number of nitrogens with zero attached hydrogens (tertiary/aromatic N) is 1. The van der Waals surface area contributed by atoms with Crippen LogP contribution in [0.5, 0.6) is 0 Å². The minimum atomic E-state index is -0.150. The number of hydrogen-bond acceptors (Lipinski definition) is 2. The van der Waals surface area contributed by atoms with Gasteiger partial charge in [-0.15, -0.1) is 0 Å². The van der Waals surface area contributed by atoms with Crippen LogP contribution < -0.4 is 0 Å². The number of allylic oxidation sites excluding steroid dienone is 5. The molecule has 0 bridgehead atoms. The maximum atomic E-state index is 10.5. The molecule has 2 aliphatic carbocycles. The van der Waals surface area contributed by atoms with E-state index >= 15 is 0 Å². The van der Waals surface area contributed by atoms with Crippen LogP contribution in [0.2, 0.25) is 0 Å². The second-order valence-corrected chi connectivity index (χ2v) is 8.85. The lowest BCUT2D eigenvalue weighted by molar-refractivity contribution is 0.141. The SMILES string of the molecule is CCCCC(C)=CC=C[C@@H]1[C@H]2CC(CCCCCN(C)C)=C[C@H]2C[C@H]1O. The highest BCUT2D eigenvalue weighted by Crippen LogP contribution is 2.48. The highest BCUT2D eigenvalue weighted by Gasteiger charge is 2.42. The molecular weight excluding hydrogens is 318 g/mol. The molecule has 1 N–H and O–H groups in total. The first-order chi connectivity index (χ1) is 12.5. The molecule has 26 heavy (non-hydrogen) atoms. The number of aliphatic hydroxyl groups excluding tert-OH is 1. The van der Waals surface area contributed by atoms with Gasteiger partial charge in [0.25, 0.3) is 0 Å². The molecule has 0 aromatic carbocycles. The van der Waals surface area contributed by atoms with Crippen molar-refractivity contribution in [3.8, 4) is 0 Å². The average Bonchev–Trinajstić information content (AvgIpc) is 3.10. The Kier molecular flexibility index (Phi) is 9.15. The smallest absolute Gasteiger partial charge is 0.0611 e. The Balaban J connectivity index is 1.78. The van der Waals surface area contributed by atoms with Gasteiger partial charge in [0.2, 0.25) is 0 Å². The van der Waals surface area contributed by atoms with Gasteiger partial charge in [0.1, 0.15) is 0 Å². The summed E-state index contributed by atoms with van der Waals surface area (Å²) in [6.07, 6.45) is 20.2. The van der Waals surface area contributed by atoms with Crippen molar-refractivity contribution in [2.75, 3.05) is 20.6 Å². The highest BCUT2D eigenvalue weighted by atomic mass is 16.3. The van der Waals surface area contributed by atoms with E-state index in [4.69, 9.17) is 0 Å². The van der Waals surface area contributed by atoms with Gasteiger partial charge in [-0.3, -0.25) is 0 Å². The molecule has 2 heteroatoms. The van der Waals surface area contributed by atoms with Crippen LogP contribution in [-0.2, 0) is 0 Å². The van der Waals surface area contributed by atoms with Crippen molar-refractivity contribution in [2.45, 2.75) is 77.7 Å². The predicted molar refractivity (Wildman–Crippen MR) is 113 cm³/mol. The van der Waals surface area contributed by atoms with Crippen molar-refractivity contribution in [1.82, 2.24) is 4.90 Å². The third-order valence-corrected chi connectivity index (χ3v) is 6.19. The summed E-state index contributed by atoms with van der Waals surface area (Å²) in [5.74, 6) is 1.60. The van der Waals surface area contributed by atoms with Crippen LogP contribution in [0.15, 0.2) is 35.5 Å². The normalized spacial score (nSPS) is 29.0. The molecule has 0 radical (unpaired) electrons. The molecule has 148 valence electrons. The number of fused-ring (bicyclic) bond motifs is 1. The van der Waals surface area contributed by atoms with Gasteiger partial charge in [-0.05, 0) is 84.3 Å². The Morgan fingerprint density at radius 1 is 1.23 bits per heavy atom. The maximum absolute atomic E-state index is 10.5. The summed E-state index contributed by atoms with van der Waals surface area (Å²) in [7, 11) is 4.31. The molecule has 0 aliphatic heterocycles. The first-order valence-corrected chi connectivity index (χ1v) is 10.9. The van der Waals surface area contributed by atoms with E-state index in [0.717, 1.165) is 6.42 Å². The second-order valence-electron chi connectivity index (χ2n) is 8.85. The molecule has 1 fully saturated rings.